The lowest BCUT2D eigenvalue weighted by Gasteiger charge is -2.33. The molecule has 2 heterocycles. The molecule has 3 fully saturated rings. The predicted octanol–water partition coefficient (Wildman–Crippen LogP) is 2.02. The molecule has 0 spiro atoms. The Kier molecular flexibility index (Phi) is 4.22. The fourth-order valence-corrected chi connectivity index (χ4v) is 3.74. The Hall–Kier alpha value is -0.120. The molecule has 3 heteroatoms. The SMILES string of the molecule is CCCC1CN(C2CCOC2C2CC2)CCCN1. The lowest BCUT2D eigenvalue weighted by molar-refractivity contribution is 0.0448. The van der Waals surface area contributed by atoms with E-state index in [1.165, 1.54) is 58.2 Å². The van der Waals surface area contributed by atoms with Gasteiger partial charge in [-0.2, -0.15) is 0 Å². The van der Waals surface area contributed by atoms with E-state index in [9.17, 15) is 0 Å². The Balaban J connectivity index is 1.61. The molecule has 0 amide bonds. The van der Waals surface area contributed by atoms with E-state index >= 15 is 0 Å². The first-order valence-corrected chi connectivity index (χ1v) is 7.97. The number of hydrogen-bond donors (Lipinski definition) is 1. The van der Waals surface area contributed by atoms with E-state index in [0.29, 0.717) is 12.1 Å². The minimum absolute atomic E-state index is 0.561. The maximum atomic E-state index is 6.02. The van der Waals surface area contributed by atoms with Crippen LogP contribution >= 0.6 is 0 Å². The van der Waals surface area contributed by atoms with Crippen molar-refractivity contribution in [2.75, 3.05) is 26.2 Å². The van der Waals surface area contributed by atoms with Crippen LogP contribution in [0.15, 0.2) is 0 Å². The van der Waals surface area contributed by atoms with Gasteiger partial charge in [-0.3, -0.25) is 4.90 Å². The second kappa shape index (κ2) is 5.89. The average molecular weight is 252 g/mol. The van der Waals surface area contributed by atoms with Gasteiger partial charge in [-0.05, 0) is 51.1 Å². The van der Waals surface area contributed by atoms with Crippen LogP contribution in [0, 0.1) is 5.92 Å². The van der Waals surface area contributed by atoms with Gasteiger partial charge in [0.2, 0.25) is 0 Å². The summed E-state index contributed by atoms with van der Waals surface area (Å²) in [5.41, 5.74) is 0. The van der Waals surface area contributed by atoms with Crippen molar-refractivity contribution in [2.24, 2.45) is 5.92 Å². The molecular weight excluding hydrogens is 224 g/mol. The van der Waals surface area contributed by atoms with E-state index in [1.807, 2.05) is 0 Å². The van der Waals surface area contributed by atoms with Crippen LogP contribution in [0.5, 0.6) is 0 Å². The topological polar surface area (TPSA) is 24.5 Å². The van der Waals surface area contributed by atoms with Crippen molar-refractivity contribution in [1.82, 2.24) is 10.2 Å². The molecule has 2 saturated heterocycles. The lowest BCUT2D eigenvalue weighted by atomic mass is 10.0. The first-order chi connectivity index (χ1) is 8.88. The van der Waals surface area contributed by atoms with Crippen molar-refractivity contribution in [3.05, 3.63) is 0 Å². The lowest BCUT2D eigenvalue weighted by Crippen LogP contribution is -2.46. The normalized spacial score (nSPS) is 38.8. The highest BCUT2D eigenvalue weighted by Gasteiger charge is 2.43. The van der Waals surface area contributed by atoms with Crippen molar-refractivity contribution in [1.29, 1.82) is 0 Å². The first kappa shape index (κ1) is 12.9. The summed E-state index contributed by atoms with van der Waals surface area (Å²) in [6.07, 6.45) is 8.55. The largest absolute Gasteiger partial charge is 0.376 e. The van der Waals surface area contributed by atoms with Crippen molar-refractivity contribution in [3.63, 3.8) is 0 Å². The Morgan fingerprint density at radius 2 is 2.17 bits per heavy atom. The Labute approximate surface area is 111 Å². The summed E-state index contributed by atoms with van der Waals surface area (Å²) in [5.74, 6) is 0.887. The molecule has 104 valence electrons. The number of ether oxygens (including phenoxy) is 1. The minimum atomic E-state index is 0.561. The minimum Gasteiger partial charge on any atom is -0.376 e. The molecule has 0 radical (unpaired) electrons. The smallest absolute Gasteiger partial charge is 0.0759 e. The zero-order valence-electron chi connectivity index (χ0n) is 11.7. The third kappa shape index (κ3) is 2.89. The van der Waals surface area contributed by atoms with Gasteiger partial charge >= 0.3 is 0 Å². The average Bonchev–Trinajstić information content (AvgIpc) is 3.15. The number of nitrogens with zero attached hydrogens (tertiary/aromatic N) is 1. The van der Waals surface area contributed by atoms with Crippen LogP contribution in [-0.4, -0.2) is 49.3 Å². The van der Waals surface area contributed by atoms with E-state index in [1.54, 1.807) is 0 Å². The van der Waals surface area contributed by atoms with E-state index in [4.69, 9.17) is 4.74 Å². The van der Waals surface area contributed by atoms with Crippen LogP contribution in [0.25, 0.3) is 0 Å². The first-order valence-electron chi connectivity index (χ1n) is 7.97. The maximum Gasteiger partial charge on any atom is 0.0759 e. The summed E-state index contributed by atoms with van der Waals surface area (Å²) in [4.78, 5) is 2.75. The molecule has 18 heavy (non-hydrogen) atoms. The van der Waals surface area contributed by atoms with Gasteiger partial charge in [0.15, 0.2) is 0 Å². The molecule has 1 aliphatic carbocycles. The molecule has 0 bridgehead atoms. The Morgan fingerprint density at radius 3 is 2.94 bits per heavy atom. The van der Waals surface area contributed by atoms with Gasteiger partial charge in [-0.25, -0.2) is 0 Å². The third-order valence-corrected chi connectivity index (χ3v) is 4.81. The number of rotatable bonds is 4. The van der Waals surface area contributed by atoms with E-state index in [0.717, 1.165) is 18.6 Å². The molecule has 0 aromatic heterocycles. The quantitative estimate of drug-likeness (QED) is 0.828. The molecule has 3 unspecified atom stereocenters. The molecule has 0 aromatic rings. The van der Waals surface area contributed by atoms with Gasteiger partial charge in [0.05, 0.1) is 6.10 Å². The second-order valence-electron chi connectivity index (χ2n) is 6.32. The van der Waals surface area contributed by atoms with E-state index in [2.05, 4.69) is 17.1 Å². The van der Waals surface area contributed by atoms with Gasteiger partial charge in [0.1, 0.15) is 0 Å². The van der Waals surface area contributed by atoms with Crippen molar-refractivity contribution < 1.29 is 4.74 Å². The summed E-state index contributed by atoms with van der Waals surface area (Å²) in [6, 6.07) is 1.43. The number of hydrogen-bond acceptors (Lipinski definition) is 3. The monoisotopic (exact) mass is 252 g/mol. The van der Waals surface area contributed by atoms with Gasteiger partial charge in [0.25, 0.3) is 0 Å². The molecule has 2 aliphatic heterocycles. The van der Waals surface area contributed by atoms with Crippen LogP contribution in [0.4, 0.5) is 0 Å². The van der Waals surface area contributed by atoms with Gasteiger partial charge in [-0.1, -0.05) is 13.3 Å². The highest BCUT2D eigenvalue weighted by Crippen LogP contribution is 2.40. The molecule has 0 aromatic carbocycles. The molecule has 1 saturated carbocycles. The molecule has 3 rings (SSSR count). The van der Waals surface area contributed by atoms with Crippen molar-refractivity contribution >= 4 is 0 Å². The summed E-state index contributed by atoms with van der Waals surface area (Å²) in [5, 5.41) is 3.71. The molecular formula is C15H28N2O. The Morgan fingerprint density at radius 1 is 1.28 bits per heavy atom. The van der Waals surface area contributed by atoms with Crippen LogP contribution in [0.2, 0.25) is 0 Å². The van der Waals surface area contributed by atoms with Crippen LogP contribution in [0.1, 0.15) is 45.4 Å². The standard InChI is InChI=1S/C15H28N2O/c1-2-4-13-11-17(9-3-8-16-13)14-7-10-18-15(14)12-5-6-12/h12-16H,2-11H2,1H3. The van der Waals surface area contributed by atoms with Gasteiger partial charge in [-0.15, -0.1) is 0 Å². The zero-order chi connectivity index (χ0) is 12.4. The summed E-state index contributed by atoms with van der Waals surface area (Å²) < 4.78 is 6.02. The molecule has 3 atom stereocenters. The highest BCUT2D eigenvalue weighted by molar-refractivity contribution is 4.96. The van der Waals surface area contributed by atoms with E-state index in [-0.39, 0.29) is 0 Å². The van der Waals surface area contributed by atoms with Gasteiger partial charge < -0.3 is 10.1 Å². The predicted molar refractivity (Wildman–Crippen MR) is 73.8 cm³/mol. The second-order valence-corrected chi connectivity index (χ2v) is 6.32. The van der Waals surface area contributed by atoms with Gasteiger partial charge in [0, 0.05) is 25.2 Å². The summed E-state index contributed by atoms with van der Waals surface area (Å²) in [6.45, 7) is 7.00. The van der Waals surface area contributed by atoms with Crippen LogP contribution in [0.3, 0.4) is 0 Å². The fraction of sp³-hybridized carbons (Fsp3) is 1.00. The van der Waals surface area contributed by atoms with Crippen molar-refractivity contribution in [3.8, 4) is 0 Å². The van der Waals surface area contributed by atoms with Crippen LogP contribution < -0.4 is 5.32 Å². The third-order valence-electron chi connectivity index (χ3n) is 4.81. The Bertz CT molecular complexity index is 267. The molecule has 1 N–H and O–H groups in total. The molecule has 3 aliphatic rings. The fourth-order valence-electron chi connectivity index (χ4n) is 3.74. The summed E-state index contributed by atoms with van der Waals surface area (Å²) >= 11 is 0. The summed E-state index contributed by atoms with van der Waals surface area (Å²) in [7, 11) is 0. The number of nitrogens with one attached hydrogen (secondary N) is 1. The van der Waals surface area contributed by atoms with Crippen molar-refractivity contribution in [2.45, 2.75) is 63.6 Å². The maximum absolute atomic E-state index is 6.02. The van der Waals surface area contributed by atoms with Crippen LogP contribution in [-0.2, 0) is 4.74 Å². The highest BCUT2D eigenvalue weighted by atomic mass is 16.5. The van der Waals surface area contributed by atoms with E-state index < -0.39 is 0 Å². The molecule has 3 nitrogen and oxygen atoms in total. The zero-order valence-corrected chi connectivity index (χ0v) is 11.7.